The Hall–Kier alpha value is -1.42. The SMILES string of the molecule is [Cr]=[c]1c2ccccc2ccc2ccccc12. The monoisotopic (exact) mass is 242 g/mol. The van der Waals surface area contributed by atoms with Gasteiger partial charge in [-0.3, -0.25) is 0 Å². The molecule has 0 saturated carbocycles. The summed E-state index contributed by atoms with van der Waals surface area (Å²) in [5.74, 6) is 0. The molecule has 0 spiro atoms. The van der Waals surface area contributed by atoms with Crippen LogP contribution in [0.5, 0.6) is 0 Å². The number of hydrogen-bond donors (Lipinski definition) is 0. The van der Waals surface area contributed by atoms with E-state index in [1.54, 1.807) is 0 Å². The van der Waals surface area contributed by atoms with E-state index in [2.05, 4.69) is 76.5 Å². The quantitative estimate of drug-likeness (QED) is 0.557. The van der Waals surface area contributed by atoms with Gasteiger partial charge in [0.1, 0.15) is 0 Å². The first kappa shape index (κ1) is 9.78. The van der Waals surface area contributed by atoms with E-state index in [0.29, 0.717) is 0 Å². The summed E-state index contributed by atoms with van der Waals surface area (Å²) >= 11 is 3.21. The van der Waals surface area contributed by atoms with Crippen LogP contribution in [0, 0.1) is 4.03 Å². The summed E-state index contributed by atoms with van der Waals surface area (Å²) in [4.78, 5) is 0. The maximum atomic E-state index is 3.21. The molecule has 0 N–H and O–H groups in total. The standard InChI is InChI=1S/C15H10.Cr/c1-3-7-14-11-15-8-4-2-6-13(15)10-9-12(14)5-1;/h1-10H;. The zero-order valence-corrected chi connectivity index (χ0v) is 9.96. The van der Waals surface area contributed by atoms with Crippen molar-refractivity contribution in [1.29, 1.82) is 0 Å². The van der Waals surface area contributed by atoms with E-state index in [9.17, 15) is 0 Å². The van der Waals surface area contributed by atoms with Gasteiger partial charge in [-0.05, 0) is 0 Å². The van der Waals surface area contributed by atoms with Gasteiger partial charge in [-0.15, -0.1) is 0 Å². The predicted octanol–water partition coefficient (Wildman–Crippen LogP) is 4.07. The summed E-state index contributed by atoms with van der Waals surface area (Å²) < 4.78 is 1.23. The summed E-state index contributed by atoms with van der Waals surface area (Å²) in [5, 5.41) is 5.10. The first-order valence-electron chi connectivity index (χ1n) is 5.27. The molecular weight excluding hydrogens is 232 g/mol. The van der Waals surface area contributed by atoms with Crippen molar-refractivity contribution in [2.24, 2.45) is 0 Å². The third-order valence-electron chi connectivity index (χ3n) is 2.85. The van der Waals surface area contributed by atoms with Crippen LogP contribution in [0.2, 0.25) is 0 Å². The number of benzene rings is 2. The van der Waals surface area contributed by atoms with E-state index < -0.39 is 0 Å². The molecule has 3 aromatic rings. The van der Waals surface area contributed by atoms with Crippen LogP contribution in [0.1, 0.15) is 0 Å². The second kappa shape index (κ2) is 3.87. The van der Waals surface area contributed by atoms with Crippen LogP contribution in [0.3, 0.4) is 0 Å². The third kappa shape index (κ3) is 1.50. The van der Waals surface area contributed by atoms with Gasteiger partial charge in [0.2, 0.25) is 0 Å². The Labute approximate surface area is 102 Å². The van der Waals surface area contributed by atoms with Crippen molar-refractivity contribution in [3.63, 3.8) is 0 Å². The molecule has 3 rings (SSSR count). The molecule has 0 nitrogen and oxygen atoms in total. The van der Waals surface area contributed by atoms with Crippen molar-refractivity contribution in [3.8, 4) is 0 Å². The van der Waals surface area contributed by atoms with Gasteiger partial charge in [-0.1, -0.05) is 0 Å². The van der Waals surface area contributed by atoms with Crippen molar-refractivity contribution in [2.45, 2.75) is 0 Å². The van der Waals surface area contributed by atoms with E-state index in [4.69, 9.17) is 0 Å². The zero-order chi connectivity index (χ0) is 11.0. The summed E-state index contributed by atoms with van der Waals surface area (Å²) in [6, 6.07) is 21.3. The van der Waals surface area contributed by atoms with Crippen LogP contribution in [0.4, 0.5) is 0 Å². The molecule has 0 aliphatic rings. The Morgan fingerprint density at radius 2 is 1.00 bits per heavy atom. The molecule has 0 aliphatic carbocycles. The van der Waals surface area contributed by atoms with Gasteiger partial charge in [0.05, 0.1) is 0 Å². The van der Waals surface area contributed by atoms with Crippen LogP contribution in [-0.2, 0) is 15.9 Å². The molecule has 1 heteroatoms. The fourth-order valence-electron chi connectivity index (χ4n) is 2.02. The average Bonchev–Trinajstić information content (AvgIpc) is 2.49. The molecule has 0 amide bonds. The fraction of sp³-hybridized carbons (Fsp3) is 0. The summed E-state index contributed by atoms with van der Waals surface area (Å²) in [6.07, 6.45) is 0. The Morgan fingerprint density at radius 1 is 0.562 bits per heavy atom. The van der Waals surface area contributed by atoms with E-state index in [-0.39, 0.29) is 0 Å². The van der Waals surface area contributed by atoms with Gasteiger partial charge in [-0.25, -0.2) is 0 Å². The van der Waals surface area contributed by atoms with Gasteiger partial charge >= 0.3 is 102 Å². The zero-order valence-electron chi connectivity index (χ0n) is 8.68. The Balaban J connectivity index is 2.69. The molecular formula is C15H10Cr. The molecule has 0 heterocycles. The second-order valence-electron chi connectivity index (χ2n) is 3.84. The van der Waals surface area contributed by atoms with E-state index in [0.717, 1.165) is 0 Å². The minimum absolute atomic E-state index is 1.23. The molecule has 0 radical (unpaired) electrons. The summed E-state index contributed by atoms with van der Waals surface area (Å²) in [5.41, 5.74) is 0. The normalized spacial score (nSPS) is 10.8. The Kier molecular flexibility index (Phi) is 2.36. The third-order valence-corrected chi connectivity index (χ3v) is 3.54. The maximum absolute atomic E-state index is 3.21. The van der Waals surface area contributed by atoms with Crippen molar-refractivity contribution in [2.75, 3.05) is 0 Å². The van der Waals surface area contributed by atoms with Crippen molar-refractivity contribution < 1.29 is 15.9 Å². The first-order chi connectivity index (χ1) is 7.86. The van der Waals surface area contributed by atoms with Crippen LogP contribution >= 0.6 is 0 Å². The minimum atomic E-state index is 1.23. The Morgan fingerprint density at radius 3 is 1.50 bits per heavy atom. The van der Waals surface area contributed by atoms with Crippen LogP contribution in [-0.4, -0.2) is 0 Å². The summed E-state index contributed by atoms with van der Waals surface area (Å²) in [7, 11) is 0. The van der Waals surface area contributed by atoms with Gasteiger partial charge < -0.3 is 0 Å². The first-order valence-corrected chi connectivity index (χ1v) is 5.91. The molecule has 0 aliphatic heterocycles. The second-order valence-corrected chi connectivity index (χ2v) is 4.47. The molecule has 0 atom stereocenters. The van der Waals surface area contributed by atoms with E-state index in [1.165, 1.54) is 25.6 Å². The number of fused-ring (bicyclic) bond motifs is 2. The van der Waals surface area contributed by atoms with E-state index in [1.807, 2.05) is 0 Å². The average molecular weight is 242 g/mol. The van der Waals surface area contributed by atoms with Gasteiger partial charge in [0, 0.05) is 0 Å². The van der Waals surface area contributed by atoms with Crippen LogP contribution in [0.25, 0.3) is 21.5 Å². The van der Waals surface area contributed by atoms with Crippen LogP contribution < -0.4 is 0 Å². The van der Waals surface area contributed by atoms with Crippen LogP contribution in [0.15, 0.2) is 60.7 Å². The Bertz CT molecular complexity index is 668. The van der Waals surface area contributed by atoms with Gasteiger partial charge in [-0.2, -0.15) is 0 Å². The van der Waals surface area contributed by atoms with Gasteiger partial charge in [0.25, 0.3) is 0 Å². The molecule has 0 fully saturated rings. The van der Waals surface area contributed by atoms with Gasteiger partial charge in [0.15, 0.2) is 0 Å². The van der Waals surface area contributed by atoms with Crippen molar-refractivity contribution >= 4 is 21.5 Å². The summed E-state index contributed by atoms with van der Waals surface area (Å²) in [6.45, 7) is 0. The molecule has 76 valence electrons. The molecule has 0 aromatic heterocycles. The number of rotatable bonds is 0. The fourth-order valence-corrected chi connectivity index (χ4v) is 2.60. The topological polar surface area (TPSA) is 0 Å². The van der Waals surface area contributed by atoms with Crippen molar-refractivity contribution in [1.82, 2.24) is 0 Å². The molecule has 0 bridgehead atoms. The molecule has 16 heavy (non-hydrogen) atoms. The molecule has 3 aromatic carbocycles. The predicted molar refractivity (Wildman–Crippen MR) is 64.7 cm³/mol. The number of hydrogen-bond acceptors (Lipinski definition) is 0. The van der Waals surface area contributed by atoms with E-state index >= 15 is 0 Å². The molecule has 0 unspecified atom stereocenters. The molecule has 0 saturated heterocycles. The van der Waals surface area contributed by atoms with Crippen molar-refractivity contribution in [3.05, 3.63) is 64.7 Å².